The molecule has 5 nitrogen and oxygen atoms in total. The second kappa shape index (κ2) is 6.52. The zero-order chi connectivity index (χ0) is 17.4. The monoisotopic (exact) mass is 399 g/mol. The molecule has 0 radical (unpaired) electrons. The smallest absolute Gasteiger partial charge is 0.228 e. The van der Waals surface area contributed by atoms with Gasteiger partial charge in [-0.3, -0.25) is 4.79 Å². The molecular formula is C19H18BrN3O2. The fraction of sp³-hybridized carbons (Fsp3) is 0.263. The van der Waals surface area contributed by atoms with Crippen LogP contribution in [0.25, 0.3) is 5.65 Å². The Balaban J connectivity index is 1.52. The van der Waals surface area contributed by atoms with Gasteiger partial charge < -0.3 is 14.0 Å². The quantitative estimate of drug-likeness (QED) is 0.678. The number of pyridine rings is 1. The largest absolute Gasteiger partial charge is 0.497 e. The molecule has 128 valence electrons. The van der Waals surface area contributed by atoms with Crippen LogP contribution < -0.4 is 4.74 Å². The van der Waals surface area contributed by atoms with Crippen LogP contribution >= 0.6 is 15.9 Å². The van der Waals surface area contributed by atoms with Gasteiger partial charge in [0.15, 0.2) is 0 Å². The van der Waals surface area contributed by atoms with Gasteiger partial charge in [-0.15, -0.1) is 0 Å². The van der Waals surface area contributed by atoms with Crippen LogP contribution in [0.1, 0.15) is 16.8 Å². The number of amides is 1. The molecule has 0 aliphatic carbocycles. The molecule has 0 unspecified atom stereocenters. The Bertz CT molecular complexity index is 951. The Morgan fingerprint density at radius 3 is 3.00 bits per heavy atom. The number of halogens is 1. The lowest BCUT2D eigenvalue weighted by molar-refractivity contribution is -0.131. The van der Waals surface area contributed by atoms with E-state index >= 15 is 0 Å². The van der Waals surface area contributed by atoms with Gasteiger partial charge in [0.05, 0.1) is 19.2 Å². The summed E-state index contributed by atoms with van der Waals surface area (Å²) in [7, 11) is 1.68. The van der Waals surface area contributed by atoms with Crippen molar-refractivity contribution in [1.29, 1.82) is 0 Å². The summed E-state index contributed by atoms with van der Waals surface area (Å²) >= 11 is 3.47. The summed E-state index contributed by atoms with van der Waals surface area (Å²) in [5, 5.41) is 0. The Morgan fingerprint density at radius 1 is 1.28 bits per heavy atom. The van der Waals surface area contributed by atoms with Crippen LogP contribution in [0.5, 0.6) is 5.75 Å². The number of nitrogens with zero attached hydrogens (tertiary/aromatic N) is 3. The lowest BCUT2D eigenvalue weighted by Gasteiger charge is -2.29. The van der Waals surface area contributed by atoms with Crippen molar-refractivity contribution in [2.24, 2.45) is 0 Å². The van der Waals surface area contributed by atoms with Crippen LogP contribution in [0.3, 0.4) is 0 Å². The number of carbonyl (C=O) groups is 1. The van der Waals surface area contributed by atoms with Crippen molar-refractivity contribution in [1.82, 2.24) is 14.3 Å². The van der Waals surface area contributed by atoms with E-state index in [9.17, 15) is 4.79 Å². The van der Waals surface area contributed by atoms with Gasteiger partial charge in [0.25, 0.3) is 0 Å². The molecule has 2 aromatic heterocycles. The van der Waals surface area contributed by atoms with Gasteiger partial charge >= 0.3 is 0 Å². The third-order valence-electron chi connectivity index (χ3n) is 4.66. The predicted molar refractivity (Wildman–Crippen MR) is 98.7 cm³/mol. The van der Waals surface area contributed by atoms with Crippen molar-refractivity contribution in [3.8, 4) is 5.75 Å². The number of methoxy groups -OCH3 is 1. The number of ether oxygens (including phenoxy) is 1. The van der Waals surface area contributed by atoms with E-state index in [-0.39, 0.29) is 5.91 Å². The van der Waals surface area contributed by atoms with E-state index in [1.807, 2.05) is 33.7 Å². The highest BCUT2D eigenvalue weighted by Crippen LogP contribution is 2.24. The fourth-order valence-electron chi connectivity index (χ4n) is 3.27. The fourth-order valence-corrected chi connectivity index (χ4v) is 3.61. The maximum atomic E-state index is 12.8. The maximum Gasteiger partial charge on any atom is 0.228 e. The van der Waals surface area contributed by atoms with E-state index in [1.165, 1.54) is 11.1 Å². The molecule has 4 rings (SSSR count). The average Bonchev–Trinajstić information content (AvgIpc) is 3.02. The number of imidazole rings is 1. The lowest BCUT2D eigenvalue weighted by atomic mass is 9.99. The SMILES string of the molecule is COc1ccc2c(c1)CCN(C(=O)Cc1cnc3ccc(Br)cn13)C2. The van der Waals surface area contributed by atoms with Gasteiger partial charge in [-0.2, -0.15) is 0 Å². The normalized spacial score (nSPS) is 13.8. The average molecular weight is 400 g/mol. The van der Waals surface area contributed by atoms with Gasteiger partial charge in [-0.05, 0) is 57.7 Å². The highest BCUT2D eigenvalue weighted by molar-refractivity contribution is 9.10. The molecule has 0 saturated heterocycles. The van der Waals surface area contributed by atoms with Crippen LogP contribution in [0.15, 0.2) is 47.2 Å². The molecule has 1 aliphatic rings. The summed E-state index contributed by atoms with van der Waals surface area (Å²) in [4.78, 5) is 19.1. The molecular weight excluding hydrogens is 382 g/mol. The van der Waals surface area contributed by atoms with Crippen molar-refractivity contribution in [2.45, 2.75) is 19.4 Å². The third kappa shape index (κ3) is 3.14. The summed E-state index contributed by atoms with van der Waals surface area (Å²) < 4.78 is 8.21. The van der Waals surface area contributed by atoms with Crippen LogP contribution in [0.2, 0.25) is 0 Å². The molecule has 3 aromatic rings. The van der Waals surface area contributed by atoms with E-state index in [4.69, 9.17) is 4.74 Å². The minimum Gasteiger partial charge on any atom is -0.497 e. The molecule has 3 heterocycles. The van der Waals surface area contributed by atoms with Crippen LogP contribution in [-0.2, 0) is 24.2 Å². The van der Waals surface area contributed by atoms with Crippen molar-refractivity contribution in [3.63, 3.8) is 0 Å². The second-order valence-electron chi connectivity index (χ2n) is 6.20. The van der Waals surface area contributed by atoms with E-state index in [1.54, 1.807) is 13.3 Å². The standard InChI is InChI=1S/C19H18BrN3O2/c1-25-17-4-2-14-11-22(7-6-13(14)8-17)19(24)9-16-10-21-18-5-3-15(20)12-23(16)18/h2-5,8,10,12H,6-7,9,11H2,1H3. The minimum absolute atomic E-state index is 0.128. The number of rotatable bonds is 3. The summed E-state index contributed by atoms with van der Waals surface area (Å²) in [6, 6.07) is 9.96. The molecule has 0 atom stereocenters. The third-order valence-corrected chi connectivity index (χ3v) is 5.13. The molecule has 1 amide bonds. The Kier molecular flexibility index (Phi) is 4.21. The predicted octanol–water partition coefficient (Wildman–Crippen LogP) is 3.23. The van der Waals surface area contributed by atoms with Crippen LogP contribution in [0, 0.1) is 0 Å². The van der Waals surface area contributed by atoms with Crippen molar-refractivity contribution < 1.29 is 9.53 Å². The summed E-state index contributed by atoms with van der Waals surface area (Å²) in [6.07, 6.45) is 4.94. The first kappa shape index (κ1) is 16.1. The maximum absolute atomic E-state index is 12.8. The van der Waals surface area contributed by atoms with E-state index in [2.05, 4.69) is 33.0 Å². The van der Waals surface area contributed by atoms with Crippen LogP contribution in [-0.4, -0.2) is 33.8 Å². The summed E-state index contributed by atoms with van der Waals surface area (Å²) in [6.45, 7) is 1.39. The van der Waals surface area contributed by atoms with Crippen LogP contribution in [0.4, 0.5) is 0 Å². The van der Waals surface area contributed by atoms with Gasteiger partial charge in [-0.25, -0.2) is 4.98 Å². The van der Waals surface area contributed by atoms with Gasteiger partial charge in [0.2, 0.25) is 5.91 Å². The number of hydrogen-bond acceptors (Lipinski definition) is 3. The minimum atomic E-state index is 0.128. The zero-order valence-corrected chi connectivity index (χ0v) is 15.5. The van der Waals surface area contributed by atoms with Gasteiger partial charge in [0.1, 0.15) is 11.4 Å². The Labute approximate surface area is 154 Å². The van der Waals surface area contributed by atoms with E-state index < -0.39 is 0 Å². The molecule has 0 N–H and O–H groups in total. The molecule has 6 heteroatoms. The van der Waals surface area contributed by atoms with Gasteiger partial charge in [0, 0.05) is 30.0 Å². The van der Waals surface area contributed by atoms with E-state index in [0.29, 0.717) is 13.0 Å². The van der Waals surface area contributed by atoms with E-state index in [0.717, 1.165) is 34.5 Å². The number of hydrogen-bond donors (Lipinski definition) is 0. The molecule has 1 aliphatic heterocycles. The summed E-state index contributed by atoms with van der Waals surface area (Å²) in [5.41, 5.74) is 4.22. The number of aromatic nitrogens is 2. The first-order valence-corrected chi connectivity index (χ1v) is 8.98. The van der Waals surface area contributed by atoms with Gasteiger partial charge in [-0.1, -0.05) is 6.07 Å². The number of benzene rings is 1. The lowest BCUT2D eigenvalue weighted by Crippen LogP contribution is -2.37. The molecule has 25 heavy (non-hydrogen) atoms. The highest BCUT2D eigenvalue weighted by Gasteiger charge is 2.22. The zero-order valence-electron chi connectivity index (χ0n) is 13.9. The Morgan fingerprint density at radius 2 is 2.16 bits per heavy atom. The summed E-state index contributed by atoms with van der Waals surface area (Å²) in [5.74, 6) is 0.998. The number of fused-ring (bicyclic) bond motifs is 2. The molecule has 1 aromatic carbocycles. The molecule has 0 saturated carbocycles. The Hall–Kier alpha value is -2.34. The van der Waals surface area contributed by atoms with Crippen molar-refractivity contribution >= 4 is 27.5 Å². The second-order valence-corrected chi connectivity index (χ2v) is 7.12. The van der Waals surface area contributed by atoms with Crippen molar-refractivity contribution in [3.05, 3.63) is 64.0 Å². The highest BCUT2D eigenvalue weighted by atomic mass is 79.9. The number of carbonyl (C=O) groups excluding carboxylic acids is 1. The first-order chi connectivity index (χ1) is 12.1. The van der Waals surface area contributed by atoms with Crippen molar-refractivity contribution in [2.75, 3.05) is 13.7 Å². The molecule has 0 fully saturated rings. The first-order valence-electron chi connectivity index (χ1n) is 8.19. The molecule has 0 bridgehead atoms. The topological polar surface area (TPSA) is 46.8 Å². The molecule has 0 spiro atoms.